The van der Waals surface area contributed by atoms with Gasteiger partial charge in [-0.25, -0.2) is 4.39 Å². The Kier molecular flexibility index (Phi) is 3.71. The lowest BCUT2D eigenvalue weighted by molar-refractivity contribution is -0.124. The molecule has 1 aromatic carbocycles. The summed E-state index contributed by atoms with van der Waals surface area (Å²) in [4.78, 5) is 11.7. The van der Waals surface area contributed by atoms with Gasteiger partial charge in [-0.1, -0.05) is 0 Å². The van der Waals surface area contributed by atoms with Crippen molar-refractivity contribution in [2.45, 2.75) is 25.5 Å². The first kappa shape index (κ1) is 12.0. The summed E-state index contributed by atoms with van der Waals surface area (Å²) in [5.41, 5.74) is 6.33. The van der Waals surface area contributed by atoms with Crippen molar-refractivity contribution in [3.05, 3.63) is 29.6 Å². The molecule has 1 aromatic rings. The van der Waals surface area contributed by atoms with Crippen LogP contribution in [0.4, 0.5) is 10.1 Å². The van der Waals surface area contributed by atoms with E-state index in [2.05, 4.69) is 5.32 Å². The first-order chi connectivity index (χ1) is 8.20. The molecule has 0 radical (unpaired) electrons. The monoisotopic (exact) mass is 238 g/mol. The minimum absolute atomic E-state index is 0.107. The Morgan fingerprint density at radius 2 is 2.41 bits per heavy atom. The summed E-state index contributed by atoms with van der Waals surface area (Å²) in [5.74, 6) is -0.542. The van der Waals surface area contributed by atoms with Crippen molar-refractivity contribution in [3.8, 4) is 0 Å². The molecule has 0 bridgehead atoms. The van der Waals surface area contributed by atoms with E-state index in [-0.39, 0.29) is 24.4 Å². The predicted octanol–water partition coefficient (Wildman–Crippen LogP) is 1.40. The number of halogens is 1. The van der Waals surface area contributed by atoms with Crippen LogP contribution in [-0.2, 0) is 16.1 Å². The fraction of sp³-hybridized carbons (Fsp3) is 0.417. The van der Waals surface area contributed by atoms with Crippen LogP contribution < -0.4 is 11.1 Å². The summed E-state index contributed by atoms with van der Waals surface area (Å²) in [7, 11) is 0. The normalized spacial score (nSPS) is 19.3. The maximum atomic E-state index is 13.2. The smallest absolute Gasteiger partial charge is 0.253 e. The number of nitrogens with one attached hydrogen (secondary N) is 1. The van der Waals surface area contributed by atoms with E-state index < -0.39 is 0 Å². The van der Waals surface area contributed by atoms with E-state index in [4.69, 9.17) is 10.5 Å². The maximum absolute atomic E-state index is 13.2. The third-order valence-electron chi connectivity index (χ3n) is 2.76. The highest BCUT2D eigenvalue weighted by atomic mass is 19.1. The number of nitrogens with two attached hydrogens (primary N) is 1. The molecule has 0 saturated carbocycles. The van der Waals surface area contributed by atoms with Crippen LogP contribution >= 0.6 is 0 Å². The molecule has 1 atom stereocenters. The number of amides is 1. The molecule has 1 fully saturated rings. The van der Waals surface area contributed by atoms with Gasteiger partial charge in [0.15, 0.2) is 0 Å². The average molecular weight is 238 g/mol. The number of rotatable bonds is 3. The highest BCUT2D eigenvalue weighted by molar-refractivity contribution is 5.94. The van der Waals surface area contributed by atoms with E-state index in [0.29, 0.717) is 17.9 Å². The molecule has 1 heterocycles. The van der Waals surface area contributed by atoms with Crippen LogP contribution in [0.5, 0.6) is 0 Å². The maximum Gasteiger partial charge on any atom is 0.253 e. The number of carbonyl (C=O) groups excluding carboxylic acids is 1. The molecule has 1 aliphatic rings. The first-order valence-corrected chi connectivity index (χ1v) is 5.61. The van der Waals surface area contributed by atoms with Gasteiger partial charge >= 0.3 is 0 Å². The second-order valence-electron chi connectivity index (χ2n) is 4.00. The van der Waals surface area contributed by atoms with Crippen LogP contribution in [0.3, 0.4) is 0 Å². The highest BCUT2D eigenvalue weighted by Crippen LogP contribution is 2.17. The van der Waals surface area contributed by atoms with Crippen molar-refractivity contribution in [3.63, 3.8) is 0 Å². The molecule has 4 nitrogen and oxygen atoms in total. The molecule has 5 heteroatoms. The summed E-state index contributed by atoms with van der Waals surface area (Å²) in [6.07, 6.45) is 1.24. The number of hydrogen-bond acceptors (Lipinski definition) is 3. The molecule has 1 aliphatic heterocycles. The van der Waals surface area contributed by atoms with Gasteiger partial charge in [-0.2, -0.15) is 0 Å². The molecule has 1 unspecified atom stereocenters. The number of benzene rings is 1. The molecule has 0 spiro atoms. The Bertz CT molecular complexity index is 417. The van der Waals surface area contributed by atoms with E-state index in [1.165, 1.54) is 12.1 Å². The second-order valence-corrected chi connectivity index (χ2v) is 4.00. The lowest BCUT2D eigenvalue weighted by atomic mass is 10.1. The third kappa shape index (κ3) is 2.81. The predicted molar refractivity (Wildman–Crippen MR) is 61.9 cm³/mol. The first-order valence-electron chi connectivity index (χ1n) is 5.61. The van der Waals surface area contributed by atoms with Crippen molar-refractivity contribution in [2.24, 2.45) is 5.73 Å². The second kappa shape index (κ2) is 5.25. The van der Waals surface area contributed by atoms with E-state index in [0.717, 1.165) is 12.8 Å². The Morgan fingerprint density at radius 3 is 3.06 bits per heavy atom. The van der Waals surface area contributed by atoms with Gasteiger partial charge < -0.3 is 15.8 Å². The van der Waals surface area contributed by atoms with Crippen LogP contribution in [0.2, 0.25) is 0 Å². The molecular formula is C12H15FN2O2. The minimum Gasteiger partial charge on any atom is -0.368 e. The lowest BCUT2D eigenvalue weighted by Gasteiger charge is -2.11. The molecule has 0 aromatic heterocycles. The van der Waals surface area contributed by atoms with Gasteiger partial charge in [0.1, 0.15) is 11.9 Å². The van der Waals surface area contributed by atoms with Gasteiger partial charge in [-0.15, -0.1) is 0 Å². The molecular weight excluding hydrogens is 223 g/mol. The summed E-state index contributed by atoms with van der Waals surface area (Å²) in [6.45, 7) is 0.727. The zero-order valence-corrected chi connectivity index (χ0v) is 9.41. The Balaban J connectivity index is 2.05. The van der Waals surface area contributed by atoms with Crippen molar-refractivity contribution >= 4 is 11.6 Å². The van der Waals surface area contributed by atoms with E-state index in [1.54, 1.807) is 6.07 Å². The van der Waals surface area contributed by atoms with Crippen LogP contribution in [-0.4, -0.2) is 18.6 Å². The SMILES string of the molecule is NCc1cc(NC(=O)C2CCCO2)ccc1F. The Hall–Kier alpha value is -1.46. The zero-order chi connectivity index (χ0) is 12.3. The van der Waals surface area contributed by atoms with Gasteiger partial charge in [0.05, 0.1) is 0 Å². The van der Waals surface area contributed by atoms with Crippen LogP contribution in [0.15, 0.2) is 18.2 Å². The fourth-order valence-corrected chi connectivity index (χ4v) is 1.82. The summed E-state index contributed by atoms with van der Waals surface area (Å²) in [5, 5.41) is 2.70. The lowest BCUT2D eigenvalue weighted by Crippen LogP contribution is -2.26. The largest absolute Gasteiger partial charge is 0.368 e. The zero-order valence-electron chi connectivity index (χ0n) is 9.41. The number of anilines is 1. The summed E-state index contributed by atoms with van der Waals surface area (Å²) >= 11 is 0. The van der Waals surface area contributed by atoms with Crippen LogP contribution in [0.25, 0.3) is 0 Å². The molecule has 92 valence electrons. The number of carbonyl (C=O) groups is 1. The van der Waals surface area contributed by atoms with Crippen molar-refractivity contribution < 1.29 is 13.9 Å². The van der Waals surface area contributed by atoms with Crippen LogP contribution in [0.1, 0.15) is 18.4 Å². The van der Waals surface area contributed by atoms with Gasteiger partial charge in [0, 0.05) is 24.4 Å². The Morgan fingerprint density at radius 1 is 1.59 bits per heavy atom. The fourth-order valence-electron chi connectivity index (χ4n) is 1.82. The average Bonchev–Trinajstić information content (AvgIpc) is 2.85. The molecule has 2 rings (SSSR count). The standard InChI is InChI=1S/C12H15FN2O2/c13-10-4-3-9(6-8(10)7-14)15-12(16)11-2-1-5-17-11/h3-4,6,11H,1-2,5,7,14H2,(H,15,16). The van der Waals surface area contributed by atoms with Gasteiger partial charge in [0.25, 0.3) is 5.91 Å². The molecule has 17 heavy (non-hydrogen) atoms. The third-order valence-corrected chi connectivity index (χ3v) is 2.76. The molecule has 1 amide bonds. The van der Waals surface area contributed by atoms with Crippen molar-refractivity contribution in [1.29, 1.82) is 0 Å². The summed E-state index contributed by atoms with van der Waals surface area (Å²) < 4.78 is 18.4. The van der Waals surface area contributed by atoms with E-state index in [1.807, 2.05) is 0 Å². The number of hydrogen-bond donors (Lipinski definition) is 2. The highest BCUT2D eigenvalue weighted by Gasteiger charge is 2.23. The molecule has 1 saturated heterocycles. The van der Waals surface area contributed by atoms with Crippen molar-refractivity contribution in [2.75, 3.05) is 11.9 Å². The van der Waals surface area contributed by atoms with Crippen LogP contribution in [0, 0.1) is 5.82 Å². The molecule has 0 aliphatic carbocycles. The van der Waals surface area contributed by atoms with E-state index >= 15 is 0 Å². The van der Waals surface area contributed by atoms with Gasteiger partial charge in [0.2, 0.25) is 0 Å². The van der Waals surface area contributed by atoms with Gasteiger partial charge in [-0.3, -0.25) is 4.79 Å². The topological polar surface area (TPSA) is 64.3 Å². The Labute approximate surface area is 98.9 Å². The van der Waals surface area contributed by atoms with E-state index in [9.17, 15) is 9.18 Å². The quantitative estimate of drug-likeness (QED) is 0.836. The number of ether oxygens (including phenoxy) is 1. The van der Waals surface area contributed by atoms with Gasteiger partial charge in [-0.05, 0) is 31.0 Å². The van der Waals surface area contributed by atoms with Crippen molar-refractivity contribution in [1.82, 2.24) is 0 Å². The minimum atomic E-state index is -0.388. The molecule has 3 N–H and O–H groups in total. The summed E-state index contributed by atoms with van der Waals surface area (Å²) in [6, 6.07) is 4.36.